The molecule has 2 heterocycles. The molecule has 3 rings (SSSR count). The van der Waals surface area contributed by atoms with Gasteiger partial charge in [-0.15, -0.1) is 0 Å². The van der Waals surface area contributed by atoms with Gasteiger partial charge in [-0.25, -0.2) is 9.38 Å². The third-order valence-electron chi connectivity index (χ3n) is 5.06. The normalized spacial score (nSPS) is 19.5. The molecule has 8 nitrogen and oxygen atoms in total. The number of aliphatic imine (C=N–C) groups is 2. The van der Waals surface area contributed by atoms with E-state index in [1.165, 1.54) is 18.2 Å². The summed E-state index contributed by atoms with van der Waals surface area (Å²) >= 11 is 0. The lowest BCUT2D eigenvalue weighted by atomic mass is 9.85. The lowest BCUT2D eigenvalue weighted by molar-refractivity contribution is -0.123. The Balaban J connectivity index is 1.85. The fourth-order valence-electron chi connectivity index (χ4n) is 3.55. The monoisotopic (exact) mass is 442 g/mol. The fraction of sp³-hybridized carbons (Fsp3) is 0.391. The molecule has 0 saturated carbocycles. The maximum atomic E-state index is 13.7. The van der Waals surface area contributed by atoms with E-state index < -0.39 is 11.7 Å². The summed E-state index contributed by atoms with van der Waals surface area (Å²) < 4.78 is 24.7. The van der Waals surface area contributed by atoms with Crippen molar-refractivity contribution >= 4 is 17.6 Å². The number of amides is 1. The van der Waals surface area contributed by atoms with Crippen molar-refractivity contribution in [3.8, 4) is 11.5 Å². The quantitative estimate of drug-likeness (QED) is 0.612. The van der Waals surface area contributed by atoms with Gasteiger partial charge < -0.3 is 19.9 Å². The van der Waals surface area contributed by atoms with Crippen LogP contribution in [-0.2, 0) is 16.0 Å². The number of methoxy groups -OCH3 is 1. The molecular formula is C23H27FN4O4. The molecule has 9 heteroatoms. The zero-order valence-corrected chi connectivity index (χ0v) is 18.1. The molecule has 0 fully saturated rings. The summed E-state index contributed by atoms with van der Waals surface area (Å²) in [5.41, 5.74) is 0.665. The van der Waals surface area contributed by atoms with Crippen LogP contribution in [0.15, 0.2) is 52.7 Å². The molecule has 2 aromatic rings. The zero-order valence-electron chi connectivity index (χ0n) is 18.1. The van der Waals surface area contributed by atoms with Gasteiger partial charge in [0.15, 0.2) is 5.90 Å². The lowest BCUT2D eigenvalue weighted by Crippen LogP contribution is -2.42. The molecule has 0 radical (unpaired) electrons. The van der Waals surface area contributed by atoms with E-state index in [9.17, 15) is 14.3 Å². The zero-order chi connectivity index (χ0) is 22.9. The van der Waals surface area contributed by atoms with Gasteiger partial charge in [-0.05, 0) is 43.0 Å². The number of halogens is 1. The highest BCUT2D eigenvalue weighted by atomic mass is 19.1. The number of pyridine rings is 1. The van der Waals surface area contributed by atoms with E-state index in [4.69, 9.17) is 9.47 Å². The van der Waals surface area contributed by atoms with E-state index in [0.717, 1.165) is 6.20 Å². The number of hydrogen-bond donors (Lipinski definition) is 2. The molecule has 1 amide bonds. The highest BCUT2D eigenvalue weighted by molar-refractivity contribution is 6.10. The number of phenols is 1. The summed E-state index contributed by atoms with van der Waals surface area (Å²) in [6.07, 6.45) is 4.18. The summed E-state index contributed by atoms with van der Waals surface area (Å²) in [6, 6.07) is 7.77. The minimum absolute atomic E-state index is 0.0579. The second-order valence-corrected chi connectivity index (χ2v) is 7.47. The molecule has 1 aromatic carbocycles. The Morgan fingerprint density at radius 1 is 1.34 bits per heavy atom. The summed E-state index contributed by atoms with van der Waals surface area (Å²) in [5, 5.41) is 12.7. The molecule has 32 heavy (non-hydrogen) atoms. The fourth-order valence-corrected chi connectivity index (χ4v) is 3.55. The van der Waals surface area contributed by atoms with Crippen LogP contribution >= 0.6 is 0 Å². The number of carbonyl (C=O) groups excluding carboxylic acids is 1. The van der Waals surface area contributed by atoms with Crippen molar-refractivity contribution in [1.82, 2.24) is 10.3 Å². The van der Waals surface area contributed by atoms with Crippen molar-refractivity contribution in [2.75, 3.05) is 27.3 Å². The second-order valence-electron chi connectivity index (χ2n) is 7.47. The van der Waals surface area contributed by atoms with Crippen LogP contribution in [0, 0.1) is 17.7 Å². The molecule has 1 aromatic heterocycles. The van der Waals surface area contributed by atoms with Crippen LogP contribution in [0.5, 0.6) is 11.5 Å². The van der Waals surface area contributed by atoms with Gasteiger partial charge in [0.2, 0.25) is 5.91 Å². The number of aromatic hydroxyl groups is 1. The number of carbonyl (C=O) groups is 1. The number of benzene rings is 1. The standard InChI is InChI=1S/C23H27FN4O4/c1-25-21-20(22(30)27-7-4-8-31-2)11-16(9-15-10-17(24)14-26-13-15)23(28-21)32-19-6-3-5-18(29)12-19/h3,5-6,10,12-14,16,20,29H,4,7-9,11H2,1-2H3,(H,27,30). The van der Waals surface area contributed by atoms with E-state index in [0.29, 0.717) is 55.5 Å². The molecule has 2 unspecified atom stereocenters. The lowest BCUT2D eigenvalue weighted by Gasteiger charge is -2.29. The molecule has 2 N–H and O–H groups in total. The van der Waals surface area contributed by atoms with E-state index in [2.05, 4.69) is 20.3 Å². The van der Waals surface area contributed by atoms with Crippen molar-refractivity contribution in [2.45, 2.75) is 19.3 Å². The van der Waals surface area contributed by atoms with Gasteiger partial charge in [0.1, 0.15) is 23.2 Å². The highest BCUT2D eigenvalue weighted by Crippen LogP contribution is 2.29. The number of amidine groups is 1. The number of ether oxygens (including phenoxy) is 2. The van der Waals surface area contributed by atoms with Crippen LogP contribution in [0.4, 0.5) is 4.39 Å². The Hall–Kier alpha value is -3.33. The summed E-state index contributed by atoms with van der Waals surface area (Å²) in [7, 11) is 3.19. The second kappa shape index (κ2) is 11.3. The van der Waals surface area contributed by atoms with Gasteiger partial charge in [-0.2, -0.15) is 0 Å². The Morgan fingerprint density at radius 3 is 2.91 bits per heavy atom. The topological polar surface area (TPSA) is 105 Å². The third kappa shape index (κ3) is 6.34. The summed E-state index contributed by atoms with van der Waals surface area (Å²) in [4.78, 5) is 25.5. The van der Waals surface area contributed by atoms with Crippen LogP contribution in [0.25, 0.3) is 0 Å². The summed E-state index contributed by atoms with van der Waals surface area (Å²) in [5.74, 6) is -0.321. The van der Waals surface area contributed by atoms with Gasteiger partial charge in [-0.1, -0.05) is 6.07 Å². The molecule has 0 aliphatic carbocycles. The van der Waals surface area contributed by atoms with Crippen LogP contribution in [-0.4, -0.2) is 55.0 Å². The van der Waals surface area contributed by atoms with Crippen molar-refractivity contribution in [3.05, 3.63) is 54.1 Å². The molecule has 170 valence electrons. The Morgan fingerprint density at radius 2 is 2.19 bits per heavy atom. The molecular weight excluding hydrogens is 415 g/mol. The van der Waals surface area contributed by atoms with Crippen LogP contribution < -0.4 is 10.1 Å². The molecule has 0 spiro atoms. The first-order valence-electron chi connectivity index (χ1n) is 10.4. The molecule has 1 aliphatic rings. The first kappa shape index (κ1) is 23.3. The minimum Gasteiger partial charge on any atom is -0.508 e. The number of hydrogen-bond acceptors (Lipinski definition) is 6. The van der Waals surface area contributed by atoms with E-state index in [1.807, 2.05) is 0 Å². The van der Waals surface area contributed by atoms with Crippen LogP contribution in [0.3, 0.4) is 0 Å². The largest absolute Gasteiger partial charge is 0.508 e. The third-order valence-corrected chi connectivity index (χ3v) is 5.06. The number of phenolic OH excluding ortho intramolecular Hbond substituents is 1. The highest BCUT2D eigenvalue weighted by Gasteiger charge is 2.36. The van der Waals surface area contributed by atoms with E-state index in [1.54, 1.807) is 32.5 Å². The predicted octanol–water partition coefficient (Wildman–Crippen LogP) is 2.76. The van der Waals surface area contributed by atoms with Crippen molar-refractivity contribution in [3.63, 3.8) is 0 Å². The first-order valence-corrected chi connectivity index (χ1v) is 10.4. The molecule has 0 saturated heterocycles. The van der Waals surface area contributed by atoms with Gasteiger partial charge in [0, 0.05) is 45.5 Å². The molecule has 2 atom stereocenters. The van der Waals surface area contributed by atoms with Crippen LogP contribution in [0.2, 0.25) is 0 Å². The average Bonchev–Trinajstić information content (AvgIpc) is 2.77. The average molecular weight is 442 g/mol. The first-order chi connectivity index (χ1) is 15.5. The van der Waals surface area contributed by atoms with Gasteiger partial charge in [0.25, 0.3) is 0 Å². The maximum Gasteiger partial charge on any atom is 0.230 e. The maximum absolute atomic E-state index is 13.7. The summed E-state index contributed by atoms with van der Waals surface area (Å²) in [6.45, 7) is 1.03. The number of rotatable bonds is 8. The van der Waals surface area contributed by atoms with Crippen molar-refractivity contribution in [1.29, 1.82) is 0 Å². The van der Waals surface area contributed by atoms with Gasteiger partial charge in [0.05, 0.1) is 12.1 Å². The number of nitrogens with one attached hydrogen (secondary N) is 1. The molecule has 0 bridgehead atoms. The Kier molecular flexibility index (Phi) is 8.27. The van der Waals surface area contributed by atoms with E-state index >= 15 is 0 Å². The number of nitrogens with zero attached hydrogens (tertiary/aromatic N) is 3. The number of aromatic nitrogens is 1. The smallest absolute Gasteiger partial charge is 0.230 e. The van der Waals surface area contributed by atoms with Crippen LogP contribution in [0.1, 0.15) is 18.4 Å². The molecule has 1 aliphatic heterocycles. The van der Waals surface area contributed by atoms with Crippen molar-refractivity contribution in [2.24, 2.45) is 21.8 Å². The Labute approximate surface area is 186 Å². The minimum atomic E-state index is -0.564. The van der Waals surface area contributed by atoms with Gasteiger partial charge in [-0.3, -0.25) is 14.8 Å². The Bertz CT molecular complexity index is 995. The predicted molar refractivity (Wildman–Crippen MR) is 119 cm³/mol. The van der Waals surface area contributed by atoms with Gasteiger partial charge >= 0.3 is 0 Å². The van der Waals surface area contributed by atoms with Crippen molar-refractivity contribution < 1.29 is 23.8 Å². The van der Waals surface area contributed by atoms with E-state index in [-0.39, 0.29) is 17.6 Å². The SMILES string of the molecule is CN=C1N=C(Oc2cccc(O)c2)C(Cc2cncc(F)c2)CC1C(=O)NCCCOC.